The van der Waals surface area contributed by atoms with Crippen LogP contribution in [0.2, 0.25) is 5.15 Å². The number of nitrogens with zero attached hydrogens (tertiary/aromatic N) is 4. The number of rotatable bonds is 1. The number of hydrogen-bond acceptors (Lipinski definition) is 4. The molecule has 1 aromatic carbocycles. The van der Waals surface area contributed by atoms with Crippen molar-refractivity contribution in [1.82, 2.24) is 15.1 Å². The Morgan fingerprint density at radius 2 is 1.81 bits per heavy atom. The van der Waals surface area contributed by atoms with Crippen molar-refractivity contribution in [3.63, 3.8) is 0 Å². The molecular formula is C16H19ClN4. The summed E-state index contributed by atoms with van der Waals surface area (Å²) in [7, 11) is 0. The summed E-state index contributed by atoms with van der Waals surface area (Å²) in [4.78, 5) is 5.03. The number of fused-ring (bicyclic) bond motifs is 2. The lowest BCUT2D eigenvalue weighted by atomic mass is 10.1. The first kappa shape index (κ1) is 13.3. The topological polar surface area (TPSA) is 32.3 Å². The summed E-state index contributed by atoms with van der Waals surface area (Å²) in [6, 6.07) is 8.84. The second-order valence-electron chi connectivity index (χ2n) is 5.99. The highest BCUT2D eigenvalue weighted by Gasteiger charge is 2.29. The van der Waals surface area contributed by atoms with Gasteiger partial charge in [0.2, 0.25) is 0 Å². The van der Waals surface area contributed by atoms with Gasteiger partial charge in [-0.05, 0) is 25.8 Å². The lowest BCUT2D eigenvalue weighted by Gasteiger charge is -2.27. The predicted octanol–water partition coefficient (Wildman–Crippen LogP) is 2.96. The van der Waals surface area contributed by atoms with E-state index in [4.69, 9.17) is 11.6 Å². The lowest BCUT2D eigenvalue weighted by molar-refractivity contribution is 0.273. The molecule has 0 radical (unpaired) electrons. The third-order valence-corrected chi connectivity index (χ3v) is 5.01. The third kappa shape index (κ3) is 2.36. The van der Waals surface area contributed by atoms with Crippen LogP contribution in [0.5, 0.6) is 0 Å². The van der Waals surface area contributed by atoms with E-state index in [1.54, 1.807) is 0 Å². The fourth-order valence-corrected chi connectivity index (χ4v) is 3.89. The second-order valence-corrected chi connectivity index (χ2v) is 6.35. The van der Waals surface area contributed by atoms with E-state index in [1.807, 2.05) is 18.2 Å². The zero-order chi connectivity index (χ0) is 14.2. The molecule has 0 bridgehead atoms. The molecule has 3 heterocycles. The summed E-state index contributed by atoms with van der Waals surface area (Å²) in [5.74, 6) is 0.990. The highest BCUT2D eigenvalue weighted by Crippen LogP contribution is 2.30. The number of anilines is 1. The molecule has 2 aliphatic rings. The molecule has 0 saturated carbocycles. The summed E-state index contributed by atoms with van der Waals surface area (Å²) in [5, 5.41) is 11.2. The van der Waals surface area contributed by atoms with Crippen molar-refractivity contribution >= 4 is 28.2 Å². The van der Waals surface area contributed by atoms with Crippen molar-refractivity contribution in [2.75, 3.05) is 31.1 Å². The number of halogens is 1. The zero-order valence-corrected chi connectivity index (χ0v) is 12.8. The van der Waals surface area contributed by atoms with Crippen LogP contribution in [-0.4, -0.2) is 47.3 Å². The first-order valence-corrected chi connectivity index (χ1v) is 8.10. The normalized spacial score (nSPS) is 23.3. The van der Waals surface area contributed by atoms with E-state index < -0.39 is 0 Å². The zero-order valence-electron chi connectivity index (χ0n) is 12.0. The monoisotopic (exact) mass is 302 g/mol. The van der Waals surface area contributed by atoms with Crippen LogP contribution < -0.4 is 4.90 Å². The maximum absolute atomic E-state index is 6.19. The quantitative estimate of drug-likeness (QED) is 0.811. The van der Waals surface area contributed by atoms with Crippen LogP contribution >= 0.6 is 11.6 Å². The molecule has 2 aromatic rings. The van der Waals surface area contributed by atoms with Crippen molar-refractivity contribution in [3.05, 3.63) is 29.4 Å². The van der Waals surface area contributed by atoms with Crippen LogP contribution in [0.1, 0.15) is 19.3 Å². The molecule has 2 fully saturated rings. The van der Waals surface area contributed by atoms with Crippen LogP contribution in [0.4, 0.5) is 5.82 Å². The first-order valence-electron chi connectivity index (χ1n) is 7.73. The summed E-state index contributed by atoms with van der Waals surface area (Å²) in [6.07, 6.45) is 3.82. The van der Waals surface area contributed by atoms with Gasteiger partial charge in [0.25, 0.3) is 0 Å². The number of aromatic nitrogens is 2. The molecule has 4 rings (SSSR count). The van der Waals surface area contributed by atoms with Gasteiger partial charge in [-0.1, -0.05) is 35.9 Å². The summed E-state index contributed by atoms with van der Waals surface area (Å²) < 4.78 is 0. The van der Waals surface area contributed by atoms with E-state index >= 15 is 0 Å². The highest BCUT2D eigenvalue weighted by atomic mass is 35.5. The SMILES string of the molecule is Clc1nnc(N2CCCN3CCCC3C2)c2ccccc12. The van der Waals surface area contributed by atoms with Gasteiger partial charge < -0.3 is 4.90 Å². The van der Waals surface area contributed by atoms with Crippen molar-refractivity contribution < 1.29 is 0 Å². The van der Waals surface area contributed by atoms with E-state index in [-0.39, 0.29) is 0 Å². The van der Waals surface area contributed by atoms with Crippen molar-refractivity contribution in [2.45, 2.75) is 25.3 Å². The average molecular weight is 303 g/mol. The van der Waals surface area contributed by atoms with Gasteiger partial charge in [-0.2, -0.15) is 0 Å². The molecule has 1 atom stereocenters. The van der Waals surface area contributed by atoms with E-state index in [2.05, 4.69) is 26.1 Å². The minimum atomic E-state index is 0.492. The fraction of sp³-hybridized carbons (Fsp3) is 0.500. The molecule has 0 amide bonds. The molecule has 0 aliphatic carbocycles. The summed E-state index contributed by atoms with van der Waals surface area (Å²) >= 11 is 6.19. The highest BCUT2D eigenvalue weighted by molar-refractivity contribution is 6.34. The summed E-state index contributed by atoms with van der Waals surface area (Å²) in [5.41, 5.74) is 0. The Labute approximate surface area is 129 Å². The van der Waals surface area contributed by atoms with Crippen LogP contribution in [0, 0.1) is 0 Å². The second kappa shape index (κ2) is 5.43. The van der Waals surface area contributed by atoms with Gasteiger partial charge in [0.15, 0.2) is 11.0 Å². The van der Waals surface area contributed by atoms with Gasteiger partial charge in [-0.15, -0.1) is 10.2 Å². The van der Waals surface area contributed by atoms with E-state index in [1.165, 1.54) is 32.4 Å². The maximum atomic E-state index is 6.19. The molecule has 5 heteroatoms. The van der Waals surface area contributed by atoms with Gasteiger partial charge in [0.1, 0.15) is 0 Å². The van der Waals surface area contributed by atoms with Crippen molar-refractivity contribution in [3.8, 4) is 0 Å². The molecule has 1 unspecified atom stereocenters. The lowest BCUT2D eigenvalue weighted by Crippen LogP contribution is -2.37. The first-order chi connectivity index (χ1) is 10.3. The number of benzene rings is 1. The Hall–Kier alpha value is -1.39. The van der Waals surface area contributed by atoms with Gasteiger partial charge in [-0.3, -0.25) is 4.90 Å². The predicted molar refractivity (Wildman–Crippen MR) is 86.0 cm³/mol. The van der Waals surface area contributed by atoms with Crippen LogP contribution in [0.3, 0.4) is 0 Å². The van der Waals surface area contributed by atoms with Crippen molar-refractivity contribution in [2.24, 2.45) is 0 Å². The molecule has 2 aliphatic heterocycles. The number of hydrogen-bond donors (Lipinski definition) is 0. The molecule has 1 aromatic heterocycles. The third-order valence-electron chi connectivity index (χ3n) is 4.73. The minimum Gasteiger partial charge on any atom is -0.353 e. The molecule has 2 saturated heterocycles. The molecule has 21 heavy (non-hydrogen) atoms. The largest absolute Gasteiger partial charge is 0.353 e. The fourth-order valence-electron chi connectivity index (χ4n) is 3.69. The van der Waals surface area contributed by atoms with Gasteiger partial charge in [0, 0.05) is 36.4 Å². The minimum absolute atomic E-state index is 0.492. The van der Waals surface area contributed by atoms with E-state index in [0.717, 1.165) is 29.7 Å². The van der Waals surface area contributed by atoms with Gasteiger partial charge >= 0.3 is 0 Å². The Kier molecular flexibility index (Phi) is 3.43. The Morgan fingerprint density at radius 3 is 2.71 bits per heavy atom. The van der Waals surface area contributed by atoms with Gasteiger partial charge in [0.05, 0.1) is 0 Å². The van der Waals surface area contributed by atoms with Crippen LogP contribution in [0.25, 0.3) is 10.8 Å². The summed E-state index contributed by atoms with van der Waals surface area (Å²) in [6.45, 7) is 4.57. The van der Waals surface area contributed by atoms with E-state index in [9.17, 15) is 0 Å². The van der Waals surface area contributed by atoms with E-state index in [0.29, 0.717) is 11.2 Å². The Balaban J connectivity index is 1.74. The molecule has 0 N–H and O–H groups in total. The molecule has 110 valence electrons. The van der Waals surface area contributed by atoms with Crippen LogP contribution in [-0.2, 0) is 0 Å². The van der Waals surface area contributed by atoms with Gasteiger partial charge in [-0.25, -0.2) is 0 Å². The van der Waals surface area contributed by atoms with Crippen molar-refractivity contribution in [1.29, 1.82) is 0 Å². The Bertz CT molecular complexity index is 660. The molecular weight excluding hydrogens is 284 g/mol. The standard InChI is InChI=1S/C16H19ClN4/c17-15-13-6-1-2-7-14(13)16(19-18-15)21-10-4-9-20-8-3-5-12(20)11-21/h1-2,6-7,12H,3-5,8-11H2. The Morgan fingerprint density at radius 1 is 1.00 bits per heavy atom. The molecule has 0 spiro atoms. The smallest absolute Gasteiger partial charge is 0.159 e. The average Bonchev–Trinajstić information content (AvgIpc) is 2.85. The molecule has 4 nitrogen and oxygen atoms in total. The van der Waals surface area contributed by atoms with Crippen LogP contribution in [0.15, 0.2) is 24.3 Å². The maximum Gasteiger partial charge on any atom is 0.159 e.